The SMILES string of the molecule is O=C(Nc1ccc(Cl)cc1C(=O)O)c1ccc(CN2CCc3ccccc32)c([N+](=O)[O-])c1. The maximum atomic E-state index is 12.7. The van der Waals surface area contributed by atoms with Crippen LogP contribution in [0.25, 0.3) is 0 Å². The molecule has 0 aliphatic carbocycles. The molecule has 1 aliphatic rings. The summed E-state index contributed by atoms with van der Waals surface area (Å²) in [6.07, 6.45) is 0.872. The van der Waals surface area contributed by atoms with Crippen molar-refractivity contribution in [3.05, 3.63) is 98.1 Å². The fourth-order valence-electron chi connectivity index (χ4n) is 3.78. The molecule has 0 saturated heterocycles. The molecule has 1 heterocycles. The van der Waals surface area contributed by atoms with Gasteiger partial charge in [0.1, 0.15) is 0 Å². The highest BCUT2D eigenvalue weighted by atomic mass is 35.5. The van der Waals surface area contributed by atoms with E-state index < -0.39 is 16.8 Å². The second-order valence-electron chi connectivity index (χ2n) is 7.35. The molecular weight excluding hydrogens is 434 g/mol. The number of nitrogens with zero attached hydrogens (tertiary/aromatic N) is 2. The van der Waals surface area contributed by atoms with E-state index in [-0.39, 0.29) is 27.5 Å². The zero-order valence-corrected chi connectivity index (χ0v) is 17.5. The van der Waals surface area contributed by atoms with Crippen molar-refractivity contribution >= 4 is 40.5 Å². The van der Waals surface area contributed by atoms with Gasteiger partial charge >= 0.3 is 5.97 Å². The molecular formula is C23H18ClN3O5. The third kappa shape index (κ3) is 4.26. The summed E-state index contributed by atoms with van der Waals surface area (Å²) in [4.78, 5) is 37.4. The number of para-hydroxylation sites is 1. The molecule has 0 radical (unpaired) electrons. The maximum absolute atomic E-state index is 12.7. The average Bonchev–Trinajstić information content (AvgIpc) is 3.17. The lowest BCUT2D eigenvalue weighted by molar-refractivity contribution is -0.385. The Balaban J connectivity index is 1.59. The molecule has 1 aliphatic heterocycles. The molecule has 3 aromatic rings. The number of carbonyl (C=O) groups is 2. The largest absolute Gasteiger partial charge is 0.478 e. The van der Waals surface area contributed by atoms with Crippen molar-refractivity contribution in [2.24, 2.45) is 0 Å². The summed E-state index contributed by atoms with van der Waals surface area (Å²) in [7, 11) is 0. The van der Waals surface area contributed by atoms with Crippen molar-refractivity contribution in [1.82, 2.24) is 0 Å². The fraction of sp³-hybridized carbons (Fsp3) is 0.130. The minimum Gasteiger partial charge on any atom is -0.478 e. The highest BCUT2D eigenvalue weighted by Gasteiger charge is 2.24. The molecule has 8 nitrogen and oxygen atoms in total. The molecule has 2 N–H and O–H groups in total. The van der Waals surface area contributed by atoms with Crippen molar-refractivity contribution < 1.29 is 19.6 Å². The van der Waals surface area contributed by atoms with E-state index in [0.29, 0.717) is 12.1 Å². The smallest absolute Gasteiger partial charge is 0.337 e. The Morgan fingerprint density at radius 3 is 2.66 bits per heavy atom. The van der Waals surface area contributed by atoms with Crippen LogP contribution in [0.3, 0.4) is 0 Å². The van der Waals surface area contributed by atoms with Gasteiger partial charge in [-0.25, -0.2) is 4.79 Å². The predicted molar refractivity (Wildman–Crippen MR) is 121 cm³/mol. The molecule has 0 spiro atoms. The minimum absolute atomic E-state index is 0.0484. The van der Waals surface area contributed by atoms with E-state index in [1.54, 1.807) is 6.07 Å². The van der Waals surface area contributed by atoms with E-state index in [1.165, 1.54) is 35.9 Å². The van der Waals surface area contributed by atoms with Crippen LogP contribution in [0.4, 0.5) is 17.1 Å². The Labute approximate surface area is 188 Å². The molecule has 32 heavy (non-hydrogen) atoms. The van der Waals surface area contributed by atoms with Crippen LogP contribution in [0, 0.1) is 10.1 Å². The number of amides is 1. The second-order valence-corrected chi connectivity index (χ2v) is 7.79. The summed E-state index contributed by atoms with van der Waals surface area (Å²) < 4.78 is 0. The minimum atomic E-state index is -1.25. The number of benzene rings is 3. The number of fused-ring (bicyclic) bond motifs is 1. The molecule has 0 unspecified atom stereocenters. The van der Waals surface area contributed by atoms with Gasteiger partial charge in [-0.05, 0) is 48.4 Å². The molecule has 0 atom stereocenters. The first-order valence-corrected chi connectivity index (χ1v) is 10.2. The number of carbonyl (C=O) groups excluding carboxylic acids is 1. The van der Waals surface area contributed by atoms with Gasteiger partial charge in [0.05, 0.1) is 16.2 Å². The predicted octanol–water partition coefficient (Wildman–Crippen LogP) is 4.76. The molecule has 162 valence electrons. The Kier molecular flexibility index (Phi) is 5.79. The Hall–Kier alpha value is -3.91. The molecule has 0 fully saturated rings. The van der Waals surface area contributed by atoms with Crippen LogP contribution in [-0.2, 0) is 13.0 Å². The highest BCUT2D eigenvalue weighted by Crippen LogP contribution is 2.31. The van der Waals surface area contributed by atoms with Crippen molar-refractivity contribution in [2.75, 3.05) is 16.8 Å². The van der Waals surface area contributed by atoms with Crippen LogP contribution >= 0.6 is 11.6 Å². The average molecular weight is 452 g/mol. The number of nitro benzene ring substituents is 1. The number of carboxylic acid groups (broad SMARTS) is 1. The lowest BCUT2D eigenvalue weighted by atomic mass is 10.1. The number of anilines is 2. The van der Waals surface area contributed by atoms with Crippen molar-refractivity contribution in [2.45, 2.75) is 13.0 Å². The van der Waals surface area contributed by atoms with E-state index in [9.17, 15) is 24.8 Å². The van der Waals surface area contributed by atoms with E-state index in [0.717, 1.165) is 18.7 Å². The van der Waals surface area contributed by atoms with E-state index in [4.69, 9.17) is 11.6 Å². The summed E-state index contributed by atoms with van der Waals surface area (Å²) in [6, 6.07) is 16.2. The summed E-state index contributed by atoms with van der Waals surface area (Å²) in [5, 5.41) is 23.8. The van der Waals surface area contributed by atoms with E-state index >= 15 is 0 Å². The summed E-state index contributed by atoms with van der Waals surface area (Å²) in [5.41, 5.74) is 2.49. The van der Waals surface area contributed by atoms with Gasteiger partial charge in [-0.1, -0.05) is 29.8 Å². The number of hydrogen-bond acceptors (Lipinski definition) is 5. The van der Waals surface area contributed by atoms with Crippen molar-refractivity contribution in [3.63, 3.8) is 0 Å². The van der Waals surface area contributed by atoms with Crippen LogP contribution in [0.5, 0.6) is 0 Å². The van der Waals surface area contributed by atoms with Crippen LogP contribution in [-0.4, -0.2) is 28.5 Å². The topological polar surface area (TPSA) is 113 Å². The van der Waals surface area contributed by atoms with Crippen molar-refractivity contribution in [3.8, 4) is 0 Å². The van der Waals surface area contributed by atoms with Gasteiger partial charge in [0, 0.05) is 41.0 Å². The zero-order valence-electron chi connectivity index (χ0n) is 16.7. The quantitative estimate of drug-likeness (QED) is 0.412. The number of hydrogen-bond donors (Lipinski definition) is 2. The Morgan fingerprint density at radius 1 is 1.12 bits per heavy atom. The molecule has 0 bridgehead atoms. The number of halogens is 1. The number of nitro groups is 1. The molecule has 1 amide bonds. The Bertz CT molecular complexity index is 1240. The molecule has 4 rings (SSSR count). The first kappa shape index (κ1) is 21.3. The molecule has 9 heteroatoms. The fourth-order valence-corrected chi connectivity index (χ4v) is 3.95. The zero-order chi connectivity index (χ0) is 22.8. The summed E-state index contributed by atoms with van der Waals surface area (Å²) in [5.74, 6) is -1.91. The van der Waals surface area contributed by atoms with Gasteiger partial charge in [0.25, 0.3) is 11.6 Å². The third-order valence-electron chi connectivity index (χ3n) is 5.35. The summed E-state index contributed by atoms with van der Waals surface area (Å²) in [6.45, 7) is 1.10. The summed E-state index contributed by atoms with van der Waals surface area (Å²) >= 11 is 5.83. The van der Waals surface area contributed by atoms with E-state index in [2.05, 4.69) is 10.2 Å². The van der Waals surface area contributed by atoms with Gasteiger partial charge in [-0.2, -0.15) is 0 Å². The van der Waals surface area contributed by atoms with Gasteiger partial charge in [-0.15, -0.1) is 0 Å². The Morgan fingerprint density at radius 2 is 1.91 bits per heavy atom. The maximum Gasteiger partial charge on any atom is 0.337 e. The lowest BCUT2D eigenvalue weighted by Gasteiger charge is -2.19. The molecule has 0 aromatic heterocycles. The normalized spacial score (nSPS) is 12.3. The molecule has 3 aromatic carbocycles. The highest BCUT2D eigenvalue weighted by molar-refractivity contribution is 6.31. The second kappa shape index (κ2) is 8.68. The number of rotatable bonds is 6. The monoisotopic (exact) mass is 451 g/mol. The number of nitrogens with one attached hydrogen (secondary N) is 1. The van der Waals surface area contributed by atoms with Crippen molar-refractivity contribution in [1.29, 1.82) is 0 Å². The standard InChI is InChI=1S/C23H18ClN3O5/c24-17-7-8-19(18(12-17)23(29)30)25-22(28)15-5-6-16(21(11-15)27(31)32)13-26-10-9-14-3-1-2-4-20(14)26/h1-8,11-12H,9-10,13H2,(H,25,28)(H,29,30). The van der Waals surface area contributed by atoms with Gasteiger partial charge in [-0.3, -0.25) is 14.9 Å². The van der Waals surface area contributed by atoms with E-state index in [1.807, 2.05) is 24.3 Å². The third-order valence-corrected chi connectivity index (χ3v) is 5.58. The number of carboxylic acids is 1. The molecule has 0 saturated carbocycles. The van der Waals surface area contributed by atoms with Crippen LogP contribution < -0.4 is 10.2 Å². The van der Waals surface area contributed by atoms with Crippen LogP contribution in [0.1, 0.15) is 31.8 Å². The van der Waals surface area contributed by atoms with Gasteiger partial charge < -0.3 is 15.3 Å². The first-order valence-electron chi connectivity index (χ1n) is 9.78. The lowest BCUT2D eigenvalue weighted by Crippen LogP contribution is -2.21. The van der Waals surface area contributed by atoms with Crippen LogP contribution in [0.15, 0.2) is 60.7 Å². The number of aromatic carboxylic acids is 1. The van der Waals surface area contributed by atoms with Gasteiger partial charge in [0.2, 0.25) is 0 Å². The van der Waals surface area contributed by atoms with Crippen LogP contribution in [0.2, 0.25) is 5.02 Å². The first-order chi connectivity index (χ1) is 15.3. The van der Waals surface area contributed by atoms with Gasteiger partial charge in [0.15, 0.2) is 0 Å².